The van der Waals surface area contributed by atoms with Crippen LogP contribution < -0.4 is 25.5 Å². The standard InChI is InChI=1S/5C10H20O2.B.Zn/c5*1-10(2,3)8-6-4-5-7-9(11)12;;/h5*4-8H2,1-3H3,(H,11,12);;/q;;;;;+3;+2/p-5. The van der Waals surface area contributed by atoms with Crippen molar-refractivity contribution in [2.75, 3.05) is 0 Å². The van der Waals surface area contributed by atoms with E-state index in [4.69, 9.17) is 0 Å². The van der Waals surface area contributed by atoms with Gasteiger partial charge in [-0.3, -0.25) is 0 Å². The average molecular weight is 933 g/mol. The predicted octanol–water partition coefficient (Wildman–Crippen LogP) is 8.28. The van der Waals surface area contributed by atoms with Crippen molar-refractivity contribution in [2.24, 2.45) is 27.1 Å². The molecule has 360 valence electrons. The Kier molecular flexibility index (Phi) is 51.5. The van der Waals surface area contributed by atoms with Crippen molar-refractivity contribution in [3.05, 3.63) is 0 Å². The number of carbonyl (C=O) groups is 5. The largest absolute Gasteiger partial charge is 3.00 e. The first kappa shape index (κ1) is 74.4. The molecule has 0 amide bonds. The van der Waals surface area contributed by atoms with Gasteiger partial charge in [-0.1, -0.05) is 168 Å². The van der Waals surface area contributed by atoms with Crippen molar-refractivity contribution in [2.45, 2.75) is 264 Å². The van der Waals surface area contributed by atoms with Gasteiger partial charge in [-0.15, -0.1) is 0 Å². The van der Waals surface area contributed by atoms with E-state index >= 15 is 0 Å². The zero-order valence-corrected chi connectivity index (χ0v) is 46.0. The summed E-state index contributed by atoms with van der Waals surface area (Å²) in [6, 6.07) is 0. The third-order valence-electron chi connectivity index (χ3n) is 9.04. The first-order valence-corrected chi connectivity index (χ1v) is 23.1. The van der Waals surface area contributed by atoms with E-state index in [2.05, 4.69) is 104 Å². The van der Waals surface area contributed by atoms with Crippen LogP contribution in [0.5, 0.6) is 0 Å². The molecule has 0 aliphatic heterocycles. The summed E-state index contributed by atoms with van der Waals surface area (Å²) in [6.07, 6.45) is 21.3. The topological polar surface area (TPSA) is 201 Å². The molecule has 0 aromatic rings. The van der Waals surface area contributed by atoms with Crippen LogP contribution in [-0.2, 0) is 43.5 Å². The van der Waals surface area contributed by atoms with Crippen molar-refractivity contribution in [3.63, 3.8) is 0 Å². The van der Waals surface area contributed by atoms with Gasteiger partial charge >= 0.3 is 27.9 Å². The summed E-state index contributed by atoms with van der Waals surface area (Å²) in [7, 11) is 0. The molecule has 10 nitrogen and oxygen atoms in total. The van der Waals surface area contributed by atoms with Gasteiger partial charge in [0.05, 0.1) is 0 Å². The van der Waals surface area contributed by atoms with Crippen LogP contribution in [0.2, 0.25) is 0 Å². The van der Waals surface area contributed by atoms with Crippen LogP contribution in [0.4, 0.5) is 0 Å². The first-order valence-electron chi connectivity index (χ1n) is 23.1. The molecule has 0 spiro atoms. The van der Waals surface area contributed by atoms with E-state index in [0.29, 0.717) is 27.1 Å². The number of carboxylic acid groups (broad SMARTS) is 5. The minimum atomic E-state index is -0.925. The molecule has 62 heavy (non-hydrogen) atoms. The summed E-state index contributed by atoms with van der Waals surface area (Å²) in [4.78, 5) is 50.2. The molecule has 0 unspecified atom stereocenters. The molecular weight excluding hydrogens is 837 g/mol. The molecule has 12 heteroatoms. The first-order chi connectivity index (χ1) is 27.1. The van der Waals surface area contributed by atoms with Crippen molar-refractivity contribution in [1.29, 1.82) is 0 Å². The molecule has 0 saturated heterocycles. The maximum atomic E-state index is 10.0. The Balaban J connectivity index is -0.000000121. The van der Waals surface area contributed by atoms with Gasteiger partial charge < -0.3 is 49.5 Å². The summed E-state index contributed by atoms with van der Waals surface area (Å²) in [5.41, 5.74) is 1.88. The Morgan fingerprint density at radius 1 is 0.258 bits per heavy atom. The van der Waals surface area contributed by atoms with Gasteiger partial charge in [-0.25, -0.2) is 0 Å². The monoisotopic (exact) mass is 931 g/mol. The van der Waals surface area contributed by atoms with Crippen LogP contribution in [0.15, 0.2) is 0 Å². The van der Waals surface area contributed by atoms with Crippen LogP contribution in [-0.4, -0.2) is 38.3 Å². The van der Waals surface area contributed by atoms with Crippen molar-refractivity contribution >= 4 is 38.3 Å². The van der Waals surface area contributed by atoms with E-state index in [1.165, 1.54) is 32.1 Å². The van der Waals surface area contributed by atoms with Gasteiger partial charge in [0, 0.05) is 29.8 Å². The molecule has 0 radical (unpaired) electrons. The summed E-state index contributed by atoms with van der Waals surface area (Å²) >= 11 is 0. The molecule has 0 N–H and O–H groups in total. The van der Waals surface area contributed by atoms with Crippen LogP contribution >= 0.6 is 0 Å². The van der Waals surface area contributed by atoms with Crippen molar-refractivity contribution < 1.29 is 69.0 Å². The van der Waals surface area contributed by atoms with E-state index in [1.807, 2.05) is 0 Å². The minimum absolute atomic E-state index is 0. The van der Waals surface area contributed by atoms with Crippen molar-refractivity contribution in [1.82, 2.24) is 0 Å². The van der Waals surface area contributed by atoms with E-state index < -0.39 is 29.8 Å². The molecule has 0 aromatic carbocycles. The molecule has 0 fully saturated rings. The van der Waals surface area contributed by atoms with Crippen molar-refractivity contribution in [3.8, 4) is 0 Å². The normalized spacial score (nSPS) is 11.2. The second-order valence-corrected chi connectivity index (χ2v) is 22.5. The Labute approximate surface area is 397 Å². The molecule has 0 saturated carbocycles. The number of hydrogen-bond donors (Lipinski definition) is 0. The number of unbranched alkanes of at least 4 members (excludes halogenated alkanes) is 10. The average Bonchev–Trinajstić information content (AvgIpc) is 3.02. The SMILES string of the molecule is CC(C)(C)CCCCCC(=O)[O-].CC(C)(C)CCCCCC(=O)[O-].CC(C)(C)CCCCCC(=O)[O-].CC(C)(C)CCCCCC(=O)[O-].CC(C)(C)CCCCCC(=O)[O-].[B+3].[Zn+2]. The maximum Gasteiger partial charge on any atom is 3.00 e. The van der Waals surface area contributed by atoms with E-state index in [9.17, 15) is 49.5 Å². The second-order valence-electron chi connectivity index (χ2n) is 22.5. The predicted molar refractivity (Wildman–Crippen MR) is 243 cm³/mol. The third kappa shape index (κ3) is 102. The summed E-state index contributed by atoms with van der Waals surface area (Å²) in [6.45, 7) is 33.0. The molecule has 0 aliphatic rings. The fraction of sp³-hybridized carbons (Fsp3) is 0.900. The summed E-state index contributed by atoms with van der Waals surface area (Å²) < 4.78 is 0. The molecule has 0 atom stereocenters. The van der Waals surface area contributed by atoms with E-state index in [-0.39, 0.29) is 60.0 Å². The van der Waals surface area contributed by atoms with Crippen LogP contribution in [0.3, 0.4) is 0 Å². The van der Waals surface area contributed by atoms with E-state index in [0.717, 1.165) is 96.3 Å². The van der Waals surface area contributed by atoms with Crippen LogP contribution in [0, 0.1) is 27.1 Å². The van der Waals surface area contributed by atoms with Gasteiger partial charge in [0.2, 0.25) is 0 Å². The Bertz CT molecular complexity index is 878. The number of aliphatic carboxylic acids is 5. The number of rotatable bonds is 25. The van der Waals surface area contributed by atoms with Gasteiger partial charge in [0.25, 0.3) is 0 Å². The molecule has 0 rings (SSSR count). The number of hydrogen-bond acceptors (Lipinski definition) is 10. The number of carboxylic acids is 5. The maximum absolute atomic E-state index is 10.0. The zero-order chi connectivity index (χ0) is 48.1. The molecule has 0 aromatic heterocycles. The van der Waals surface area contributed by atoms with E-state index in [1.54, 1.807) is 0 Å². The van der Waals surface area contributed by atoms with Gasteiger partial charge in [-0.05, 0) is 123 Å². The van der Waals surface area contributed by atoms with Gasteiger partial charge in [0.1, 0.15) is 0 Å². The Morgan fingerprint density at radius 2 is 0.371 bits per heavy atom. The molecule has 0 bridgehead atoms. The fourth-order valence-electron chi connectivity index (χ4n) is 5.51. The van der Waals surface area contributed by atoms with Crippen LogP contribution in [0.1, 0.15) is 264 Å². The Morgan fingerprint density at radius 3 is 0.452 bits per heavy atom. The quantitative estimate of drug-likeness (QED) is 0.0634. The minimum Gasteiger partial charge on any atom is -0.550 e. The zero-order valence-electron chi connectivity index (χ0n) is 43.0. The molecule has 0 heterocycles. The van der Waals surface area contributed by atoms with Gasteiger partial charge in [0.15, 0.2) is 0 Å². The van der Waals surface area contributed by atoms with Crippen LogP contribution in [0.25, 0.3) is 0 Å². The number of carbonyl (C=O) groups excluding carboxylic acids is 5. The summed E-state index contributed by atoms with van der Waals surface area (Å²) in [5, 5.41) is 50.2. The van der Waals surface area contributed by atoms with Gasteiger partial charge in [-0.2, -0.15) is 0 Å². The fourth-order valence-corrected chi connectivity index (χ4v) is 5.51. The molecule has 0 aliphatic carbocycles. The summed E-state index contributed by atoms with van der Waals surface area (Å²) in [5.74, 6) is -4.63. The molecular formula is C50H95BO10Zn. The smallest absolute Gasteiger partial charge is 0.550 e. The third-order valence-corrected chi connectivity index (χ3v) is 9.04. The Hall–Kier alpha value is -1.96. The second kappa shape index (κ2) is 43.0.